The summed E-state index contributed by atoms with van der Waals surface area (Å²) in [5.74, 6) is 4.56. The molecule has 1 heterocycles. The monoisotopic (exact) mass is 241 g/mol. The van der Waals surface area contributed by atoms with Crippen LogP contribution in [0.25, 0.3) is 0 Å². The average Bonchev–Trinajstić information content (AvgIpc) is 2.82. The van der Waals surface area contributed by atoms with Crippen LogP contribution in [-0.4, -0.2) is 23.6 Å². The zero-order valence-electron chi connectivity index (χ0n) is 10.9. The second kappa shape index (κ2) is 6.30. The van der Waals surface area contributed by atoms with E-state index in [0.29, 0.717) is 6.04 Å². The van der Waals surface area contributed by atoms with Crippen molar-refractivity contribution >= 4 is 11.8 Å². The lowest BCUT2D eigenvalue weighted by Gasteiger charge is -2.33. The number of hydrogen-bond acceptors (Lipinski definition) is 2. The number of hydrogen-bond donors (Lipinski definition) is 1. The first-order valence-electron chi connectivity index (χ1n) is 7.11. The van der Waals surface area contributed by atoms with Crippen LogP contribution in [0.3, 0.4) is 0 Å². The minimum absolute atomic E-state index is 0.715. The van der Waals surface area contributed by atoms with Gasteiger partial charge in [0.25, 0.3) is 0 Å². The Labute approximate surface area is 105 Å². The molecule has 0 spiro atoms. The Morgan fingerprint density at radius 1 is 1.06 bits per heavy atom. The van der Waals surface area contributed by atoms with Crippen molar-refractivity contribution in [2.45, 2.75) is 64.5 Å². The summed E-state index contributed by atoms with van der Waals surface area (Å²) in [6.07, 6.45) is 8.76. The third-order valence-electron chi connectivity index (χ3n) is 4.61. The summed E-state index contributed by atoms with van der Waals surface area (Å²) in [6.45, 7) is 4.87. The molecule has 2 rings (SSSR count). The molecule has 16 heavy (non-hydrogen) atoms. The van der Waals surface area contributed by atoms with Crippen LogP contribution in [0.1, 0.15) is 52.4 Å². The molecule has 0 bridgehead atoms. The SMILES string of the molecule is CC(NC1CCSC1)C(C)C1CCCCC1. The molecule has 1 saturated carbocycles. The second-order valence-electron chi connectivity index (χ2n) is 5.77. The Morgan fingerprint density at radius 2 is 1.81 bits per heavy atom. The molecule has 3 unspecified atom stereocenters. The van der Waals surface area contributed by atoms with Gasteiger partial charge in [0, 0.05) is 17.8 Å². The second-order valence-corrected chi connectivity index (χ2v) is 6.92. The van der Waals surface area contributed by atoms with Crippen LogP contribution < -0.4 is 5.32 Å². The van der Waals surface area contributed by atoms with E-state index in [1.165, 1.54) is 50.0 Å². The Balaban J connectivity index is 1.75. The zero-order chi connectivity index (χ0) is 11.4. The molecule has 0 amide bonds. The van der Waals surface area contributed by atoms with Crippen LogP contribution in [-0.2, 0) is 0 Å². The lowest BCUT2D eigenvalue weighted by Crippen LogP contribution is -2.42. The van der Waals surface area contributed by atoms with Gasteiger partial charge < -0.3 is 5.32 Å². The summed E-state index contributed by atoms with van der Waals surface area (Å²) < 4.78 is 0. The average molecular weight is 241 g/mol. The van der Waals surface area contributed by atoms with Gasteiger partial charge in [0.2, 0.25) is 0 Å². The molecule has 0 radical (unpaired) electrons. The van der Waals surface area contributed by atoms with Crippen LogP contribution in [0.2, 0.25) is 0 Å². The van der Waals surface area contributed by atoms with Crippen LogP contribution in [0.4, 0.5) is 0 Å². The Hall–Kier alpha value is 0.310. The first kappa shape index (κ1) is 12.8. The first-order chi connectivity index (χ1) is 7.77. The first-order valence-corrected chi connectivity index (χ1v) is 8.26. The fourth-order valence-corrected chi connectivity index (χ4v) is 4.42. The number of nitrogens with one attached hydrogen (secondary N) is 1. The van der Waals surface area contributed by atoms with E-state index in [2.05, 4.69) is 30.9 Å². The fraction of sp³-hybridized carbons (Fsp3) is 1.00. The van der Waals surface area contributed by atoms with Crippen LogP contribution in [0, 0.1) is 11.8 Å². The third-order valence-corrected chi connectivity index (χ3v) is 5.77. The highest BCUT2D eigenvalue weighted by Gasteiger charge is 2.26. The lowest BCUT2D eigenvalue weighted by molar-refractivity contribution is 0.212. The van der Waals surface area contributed by atoms with Crippen LogP contribution >= 0.6 is 11.8 Å². The van der Waals surface area contributed by atoms with Crippen molar-refractivity contribution < 1.29 is 0 Å². The minimum atomic E-state index is 0.715. The molecule has 2 fully saturated rings. The van der Waals surface area contributed by atoms with Gasteiger partial charge in [0.05, 0.1) is 0 Å². The third kappa shape index (κ3) is 3.40. The van der Waals surface area contributed by atoms with Gasteiger partial charge in [0.1, 0.15) is 0 Å². The molecule has 1 aliphatic carbocycles. The minimum Gasteiger partial charge on any atom is -0.310 e. The highest BCUT2D eigenvalue weighted by Crippen LogP contribution is 2.32. The van der Waals surface area contributed by atoms with E-state index in [1.807, 2.05) is 0 Å². The summed E-state index contributed by atoms with van der Waals surface area (Å²) in [5.41, 5.74) is 0. The van der Waals surface area contributed by atoms with E-state index < -0.39 is 0 Å². The molecule has 3 atom stereocenters. The van der Waals surface area contributed by atoms with Gasteiger partial charge in [-0.15, -0.1) is 0 Å². The highest BCUT2D eigenvalue weighted by molar-refractivity contribution is 7.99. The van der Waals surface area contributed by atoms with Gasteiger partial charge in [-0.05, 0) is 30.9 Å². The Morgan fingerprint density at radius 3 is 2.44 bits per heavy atom. The standard InChI is InChI=1S/C14H27NS/c1-11(13-6-4-3-5-7-13)12(2)15-14-8-9-16-10-14/h11-15H,3-10H2,1-2H3. The van der Waals surface area contributed by atoms with Crippen LogP contribution in [0.15, 0.2) is 0 Å². The predicted molar refractivity (Wildman–Crippen MR) is 74.1 cm³/mol. The molecule has 0 aromatic rings. The molecule has 94 valence electrons. The van der Waals surface area contributed by atoms with E-state index >= 15 is 0 Å². The zero-order valence-corrected chi connectivity index (χ0v) is 11.7. The van der Waals surface area contributed by atoms with Crippen molar-refractivity contribution in [3.05, 3.63) is 0 Å². The normalized spacial score (nSPS) is 31.5. The van der Waals surface area contributed by atoms with E-state index in [-0.39, 0.29) is 0 Å². The Kier molecular flexibility index (Phi) is 5.02. The van der Waals surface area contributed by atoms with Crippen molar-refractivity contribution in [1.82, 2.24) is 5.32 Å². The maximum Gasteiger partial charge on any atom is 0.0168 e. The molecule has 2 aliphatic rings. The highest BCUT2D eigenvalue weighted by atomic mass is 32.2. The topological polar surface area (TPSA) is 12.0 Å². The number of rotatable bonds is 4. The molecule has 1 nitrogen and oxygen atoms in total. The molecule has 0 aromatic carbocycles. The molecule has 0 aromatic heterocycles. The number of thioether (sulfide) groups is 1. The summed E-state index contributed by atoms with van der Waals surface area (Å²) >= 11 is 2.11. The van der Waals surface area contributed by atoms with Gasteiger partial charge in [-0.2, -0.15) is 11.8 Å². The quantitative estimate of drug-likeness (QED) is 0.805. The largest absolute Gasteiger partial charge is 0.310 e. The van der Waals surface area contributed by atoms with Crippen molar-refractivity contribution in [2.24, 2.45) is 11.8 Å². The van der Waals surface area contributed by atoms with Gasteiger partial charge >= 0.3 is 0 Å². The maximum absolute atomic E-state index is 3.86. The van der Waals surface area contributed by atoms with Crippen molar-refractivity contribution in [2.75, 3.05) is 11.5 Å². The van der Waals surface area contributed by atoms with Gasteiger partial charge in [-0.1, -0.05) is 39.0 Å². The smallest absolute Gasteiger partial charge is 0.0168 e. The summed E-state index contributed by atoms with van der Waals surface area (Å²) in [7, 11) is 0. The van der Waals surface area contributed by atoms with E-state index in [0.717, 1.165) is 17.9 Å². The van der Waals surface area contributed by atoms with E-state index in [4.69, 9.17) is 0 Å². The summed E-state index contributed by atoms with van der Waals surface area (Å²) in [5, 5.41) is 3.86. The molecule has 1 N–H and O–H groups in total. The molecule has 2 heteroatoms. The molecule has 1 saturated heterocycles. The van der Waals surface area contributed by atoms with E-state index in [1.54, 1.807) is 0 Å². The summed E-state index contributed by atoms with van der Waals surface area (Å²) in [6, 6.07) is 1.51. The van der Waals surface area contributed by atoms with E-state index in [9.17, 15) is 0 Å². The van der Waals surface area contributed by atoms with Crippen LogP contribution in [0.5, 0.6) is 0 Å². The maximum atomic E-state index is 3.86. The predicted octanol–water partition coefficient (Wildman–Crippen LogP) is 3.69. The van der Waals surface area contributed by atoms with Crippen molar-refractivity contribution in [3.8, 4) is 0 Å². The van der Waals surface area contributed by atoms with Crippen molar-refractivity contribution in [1.29, 1.82) is 0 Å². The van der Waals surface area contributed by atoms with Crippen molar-refractivity contribution in [3.63, 3.8) is 0 Å². The Bertz CT molecular complexity index is 195. The van der Waals surface area contributed by atoms with Gasteiger partial charge in [-0.3, -0.25) is 0 Å². The van der Waals surface area contributed by atoms with Gasteiger partial charge in [-0.25, -0.2) is 0 Å². The molecular formula is C14H27NS. The van der Waals surface area contributed by atoms with Gasteiger partial charge in [0.15, 0.2) is 0 Å². The fourth-order valence-electron chi connectivity index (χ4n) is 3.26. The summed E-state index contributed by atoms with van der Waals surface area (Å²) in [4.78, 5) is 0. The lowest BCUT2D eigenvalue weighted by atomic mass is 9.78. The molecule has 1 aliphatic heterocycles. The molecular weight excluding hydrogens is 214 g/mol.